The summed E-state index contributed by atoms with van der Waals surface area (Å²) in [5, 5.41) is 16.0. The van der Waals surface area contributed by atoms with Crippen molar-refractivity contribution in [3.05, 3.63) is 0 Å². The molecule has 1 saturated carbocycles. The van der Waals surface area contributed by atoms with Crippen molar-refractivity contribution >= 4 is 0 Å². The average Bonchev–Trinajstić information content (AvgIpc) is 2.34. The van der Waals surface area contributed by atoms with Crippen LogP contribution in [0.2, 0.25) is 0 Å². The molecule has 1 aliphatic carbocycles. The molecule has 0 spiro atoms. The van der Waals surface area contributed by atoms with Crippen molar-refractivity contribution in [2.75, 3.05) is 0 Å². The van der Waals surface area contributed by atoms with Crippen LogP contribution >= 0.6 is 0 Å². The third kappa shape index (κ3) is 2.28. The first kappa shape index (κ1) is 6.95. The van der Waals surface area contributed by atoms with E-state index in [1.165, 1.54) is 0 Å². The van der Waals surface area contributed by atoms with E-state index < -0.39 is 0 Å². The molecule has 9 heavy (non-hydrogen) atoms. The van der Waals surface area contributed by atoms with Gasteiger partial charge in [-0.1, -0.05) is 17.9 Å². The molecular formula is C5H9O4-. The van der Waals surface area contributed by atoms with Crippen molar-refractivity contribution in [1.82, 2.24) is 0 Å². The first-order valence-corrected chi connectivity index (χ1v) is 3.05. The normalized spacial score (nSPS) is 21.0. The number of hydrogen-bond donors (Lipinski definition) is 0. The van der Waals surface area contributed by atoms with Crippen molar-refractivity contribution in [3.8, 4) is 0 Å². The topological polar surface area (TPSA) is 50.8 Å². The predicted molar refractivity (Wildman–Crippen MR) is 25.5 cm³/mol. The Morgan fingerprint density at radius 1 is 1.22 bits per heavy atom. The quantitative estimate of drug-likeness (QED) is 0.404. The molecule has 0 amide bonds. The second kappa shape index (κ2) is 3.79. The lowest BCUT2D eigenvalue weighted by Crippen LogP contribution is -2.13. The van der Waals surface area contributed by atoms with Crippen LogP contribution in [0.1, 0.15) is 25.7 Å². The molecule has 1 fully saturated rings. The van der Waals surface area contributed by atoms with Gasteiger partial charge in [-0.25, -0.2) is 4.89 Å². The summed E-state index contributed by atoms with van der Waals surface area (Å²) in [6.07, 6.45) is 4.28. The van der Waals surface area contributed by atoms with Gasteiger partial charge in [-0.3, -0.25) is 5.04 Å². The van der Waals surface area contributed by atoms with E-state index >= 15 is 0 Å². The second-order valence-electron chi connectivity index (χ2n) is 2.14. The summed E-state index contributed by atoms with van der Waals surface area (Å²) in [5.41, 5.74) is 0. The molecular weight excluding hydrogens is 124 g/mol. The summed E-state index contributed by atoms with van der Waals surface area (Å²) in [5.74, 6) is 0. The van der Waals surface area contributed by atoms with E-state index in [0.29, 0.717) is 0 Å². The zero-order valence-electron chi connectivity index (χ0n) is 5.04. The van der Waals surface area contributed by atoms with Crippen molar-refractivity contribution in [3.63, 3.8) is 0 Å². The zero-order chi connectivity index (χ0) is 6.53. The molecule has 1 aliphatic rings. The molecule has 0 saturated heterocycles. The standard InChI is InChI=1S/C5H10O4/c6-8-9-7-5-3-1-2-4-5/h5-6H,1-4H2/p-1. The summed E-state index contributed by atoms with van der Waals surface area (Å²) in [6, 6.07) is 0. The molecule has 1 rings (SSSR count). The molecule has 0 heterocycles. The third-order valence-corrected chi connectivity index (χ3v) is 1.51. The van der Waals surface area contributed by atoms with E-state index in [2.05, 4.69) is 15.0 Å². The van der Waals surface area contributed by atoms with Gasteiger partial charge in [0.1, 0.15) is 0 Å². The van der Waals surface area contributed by atoms with Crippen molar-refractivity contribution in [2.24, 2.45) is 0 Å². The molecule has 4 heteroatoms. The van der Waals surface area contributed by atoms with Crippen molar-refractivity contribution in [1.29, 1.82) is 0 Å². The molecule has 0 aromatic rings. The Morgan fingerprint density at radius 2 is 1.89 bits per heavy atom. The van der Waals surface area contributed by atoms with E-state index in [1.807, 2.05) is 0 Å². The fourth-order valence-corrected chi connectivity index (χ4v) is 1.06. The van der Waals surface area contributed by atoms with Gasteiger partial charge in [0.15, 0.2) is 0 Å². The summed E-state index contributed by atoms with van der Waals surface area (Å²) in [7, 11) is 0. The number of hydrogen-bond acceptors (Lipinski definition) is 4. The Balaban J connectivity index is 1.98. The highest BCUT2D eigenvalue weighted by Crippen LogP contribution is 2.20. The Labute approximate surface area is 53.1 Å². The van der Waals surface area contributed by atoms with Gasteiger partial charge in [-0.05, 0) is 12.8 Å². The average molecular weight is 133 g/mol. The molecule has 0 aliphatic heterocycles. The maximum Gasteiger partial charge on any atom is 0.0961 e. The van der Waals surface area contributed by atoms with Gasteiger partial charge >= 0.3 is 0 Å². The second-order valence-corrected chi connectivity index (χ2v) is 2.14. The minimum absolute atomic E-state index is 0.0685. The minimum atomic E-state index is 0.0685. The van der Waals surface area contributed by atoms with E-state index in [0.717, 1.165) is 25.7 Å². The summed E-state index contributed by atoms with van der Waals surface area (Å²) < 4.78 is 0. The highest BCUT2D eigenvalue weighted by molar-refractivity contribution is 4.64. The highest BCUT2D eigenvalue weighted by Gasteiger charge is 2.15. The molecule has 0 N–H and O–H groups in total. The smallest absolute Gasteiger partial charge is 0.0961 e. The maximum absolute atomic E-state index is 9.24. The van der Waals surface area contributed by atoms with E-state index in [4.69, 9.17) is 0 Å². The lowest BCUT2D eigenvalue weighted by atomic mass is 10.3. The first-order chi connectivity index (χ1) is 4.43. The summed E-state index contributed by atoms with van der Waals surface area (Å²) in [6.45, 7) is 0. The van der Waals surface area contributed by atoms with Gasteiger partial charge in [0.2, 0.25) is 0 Å². The molecule has 4 nitrogen and oxygen atoms in total. The van der Waals surface area contributed by atoms with Gasteiger partial charge in [0.05, 0.1) is 6.10 Å². The first-order valence-electron chi connectivity index (χ1n) is 3.05. The molecule has 54 valence electrons. The fourth-order valence-electron chi connectivity index (χ4n) is 1.06. The fraction of sp³-hybridized carbons (Fsp3) is 1.00. The van der Waals surface area contributed by atoms with Crippen molar-refractivity contribution in [2.45, 2.75) is 31.8 Å². The van der Waals surface area contributed by atoms with Crippen LogP contribution < -0.4 is 5.26 Å². The summed E-state index contributed by atoms with van der Waals surface area (Å²) in [4.78, 5) is 4.52. The minimum Gasteiger partial charge on any atom is -0.690 e. The van der Waals surface area contributed by atoms with E-state index in [1.54, 1.807) is 0 Å². The van der Waals surface area contributed by atoms with Crippen LogP contribution in [0.15, 0.2) is 0 Å². The molecule has 0 bridgehead atoms. The molecule has 0 aromatic carbocycles. The van der Waals surface area contributed by atoms with Gasteiger partial charge in [0, 0.05) is 0 Å². The van der Waals surface area contributed by atoms with Crippen molar-refractivity contribution < 1.29 is 20.2 Å². The van der Waals surface area contributed by atoms with Crippen LogP contribution in [0.3, 0.4) is 0 Å². The maximum atomic E-state index is 9.24. The van der Waals surface area contributed by atoms with Gasteiger partial charge in [-0.15, -0.1) is 0 Å². The Hall–Kier alpha value is -0.160. The largest absolute Gasteiger partial charge is 0.690 e. The SMILES string of the molecule is [O-]OOOC1CCCC1. The monoisotopic (exact) mass is 133 g/mol. The van der Waals surface area contributed by atoms with E-state index in [-0.39, 0.29) is 6.10 Å². The zero-order valence-corrected chi connectivity index (χ0v) is 5.04. The lowest BCUT2D eigenvalue weighted by Gasteiger charge is -2.08. The van der Waals surface area contributed by atoms with Crippen LogP contribution in [-0.2, 0) is 15.0 Å². The van der Waals surface area contributed by atoms with Crippen LogP contribution in [0.4, 0.5) is 0 Å². The van der Waals surface area contributed by atoms with E-state index in [9.17, 15) is 5.26 Å². The van der Waals surface area contributed by atoms with Crippen LogP contribution in [0, 0.1) is 0 Å². The van der Waals surface area contributed by atoms with Gasteiger partial charge in [-0.2, -0.15) is 0 Å². The molecule has 0 unspecified atom stereocenters. The Morgan fingerprint density at radius 3 is 2.44 bits per heavy atom. The molecule has 0 radical (unpaired) electrons. The molecule has 0 aromatic heterocycles. The number of rotatable bonds is 3. The highest BCUT2D eigenvalue weighted by atomic mass is 17.6. The van der Waals surface area contributed by atoms with Gasteiger partial charge in [0.25, 0.3) is 0 Å². The van der Waals surface area contributed by atoms with Crippen LogP contribution in [0.5, 0.6) is 0 Å². The molecule has 0 atom stereocenters. The third-order valence-electron chi connectivity index (χ3n) is 1.51. The Kier molecular flexibility index (Phi) is 2.93. The van der Waals surface area contributed by atoms with Gasteiger partial charge < -0.3 is 5.26 Å². The predicted octanol–water partition coefficient (Wildman–Crippen LogP) is 0.0841. The summed E-state index contributed by atoms with van der Waals surface area (Å²) >= 11 is 0. The van der Waals surface area contributed by atoms with Crippen LogP contribution in [-0.4, -0.2) is 6.10 Å². The Bertz CT molecular complexity index is 69.4. The van der Waals surface area contributed by atoms with Crippen LogP contribution in [0.25, 0.3) is 0 Å². The lowest BCUT2D eigenvalue weighted by molar-refractivity contribution is -0.851.